The van der Waals surface area contributed by atoms with E-state index in [0.717, 1.165) is 5.56 Å². The van der Waals surface area contributed by atoms with Crippen LogP contribution in [-0.2, 0) is 0 Å². The summed E-state index contributed by atoms with van der Waals surface area (Å²) in [5, 5.41) is 6.94. The maximum absolute atomic E-state index is 13.4. The Kier molecular flexibility index (Phi) is 3.23. The molecule has 0 spiro atoms. The Morgan fingerprint density at radius 3 is 2.70 bits per heavy atom. The van der Waals surface area contributed by atoms with Gasteiger partial charge < -0.3 is 5.73 Å². The summed E-state index contributed by atoms with van der Waals surface area (Å²) >= 11 is 3.25. The molecule has 0 aliphatic rings. The predicted molar refractivity (Wildman–Crippen MR) is 79.3 cm³/mol. The van der Waals surface area contributed by atoms with Crippen LogP contribution in [-0.4, -0.2) is 15.2 Å². The molecule has 0 aliphatic carbocycles. The lowest BCUT2D eigenvalue weighted by molar-refractivity contribution is 0.627. The van der Waals surface area contributed by atoms with Gasteiger partial charge in [0, 0.05) is 21.3 Å². The number of aromatic nitrogens is 3. The van der Waals surface area contributed by atoms with Crippen LogP contribution in [0, 0.1) is 5.82 Å². The van der Waals surface area contributed by atoms with Gasteiger partial charge in [0.05, 0.1) is 0 Å². The first kappa shape index (κ1) is 12.8. The molecule has 3 N–H and O–H groups in total. The average molecular weight is 333 g/mol. The van der Waals surface area contributed by atoms with Crippen LogP contribution in [0.4, 0.5) is 10.1 Å². The van der Waals surface area contributed by atoms with E-state index in [9.17, 15) is 4.39 Å². The minimum atomic E-state index is -0.343. The fourth-order valence-electron chi connectivity index (χ4n) is 1.89. The van der Waals surface area contributed by atoms with Gasteiger partial charge in [-0.2, -0.15) is 5.10 Å². The number of anilines is 1. The molecule has 0 saturated carbocycles. The van der Waals surface area contributed by atoms with Crippen molar-refractivity contribution in [2.24, 2.45) is 0 Å². The molecular formula is C14H10BrFN4. The summed E-state index contributed by atoms with van der Waals surface area (Å²) in [4.78, 5) is 4.36. The Morgan fingerprint density at radius 2 is 1.95 bits per heavy atom. The van der Waals surface area contributed by atoms with Gasteiger partial charge in [-0.15, -0.1) is 0 Å². The highest BCUT2D eigenvalue weighted by molar-refractivity contribution is 9.10. The minimum Gasteiger partial charge on any atom is -0.399 e. The van der Waals surface area contributed by atoms with Crippen LogP contribution >= 0.6 is 15.9 Å². The lowest BCUT2D eigenvalue weighted by atomic mass is 10.2. The SMILES string of the molecule is Nc1cccc(-c2nc(-c3cc(F)cc(Br)c3)n[nH]2)c1. The molecular weight excluding hydrogens is 323 g/mol. The minimum absolute atomic E-state index is 0.343. The van der Waals surface area contributed by atoms with E-state index in [0.29, 0.717) is 27.4 Å². The first-order valence-electron chi connectivity index (χ1n) is 5.86. The average Bonchev–Trinajstić information content (AvgIpc) is 2.87. The van der Waals surface area contributed by atoms with Gasteiger partial charge in [0.1, 0.15) is 5.82 Å². The smallest absolute Gasteiger partial charge is 0.181 e. The van der Waals surface area contributed by atoms with Crippen molar-refractivity contribution in [3.05, 3.63) is 52.8 Å². The summed E-state index contributed by atoms with van der Waals surface area (Å²) in [6.45, 7) is 0. The second-order valence-electron chi connectivity index (χ2n) is 4.29. The molecule has 0 unspecified atom stereocenters. The van der Waals surface area contributed by atoms with Gasteiger partial charge in [0.2, 0.25) is 0 Å². The third kappa shape index (κ3) is 2.55. The number of nitrogens with two attached hydrogens (primary N) is 1. The summed E-state index contributed by atoms with van der Waals surface area (Å²) in [6, 6.07) is 11.8. The summed E-state index contributed by atoms with van der Waals surface area (Å²) in [7, 11) is 0. The zero-order valence-electron chi connectivity index (χ0n) is 10.3. The number of halogens is 2. The monoisotopic (exact) mass is 332 g/mol. The molecule has 0 amide bonds. The number of benzene rings is 2. The van der Waals surface area contributed by atoms with Crippen LogP contribution in [0.2, 0.25) is 0 Å². The summed E-state index contributed by atoms with van der Waals surface area (Å²) in [6.07, 6.45) is 0. The lowest BCUT2D eigenvalue weighted by Gasteiger charge is -1.98. The number of hydrogen-bond acceptors (Lipinski definition) is 3. The maximum Gasteiger partial charge on any atom is 0.181 e. The molecule has 0 radical (unpaired) electrons. The third-order valence-electron chi connectivity index (χ3n) is 2.77. The molecule has 0 aliphatic heterocycles. The van der Waals surface area contributed by atoms with E-state index in [1.165, 1.54) is 12.1 Å². The third-order valence-corrected chi connectivity index (χ3v) is 3.22. The van der Waals surface area contributed by atoms with E-state index in [2.05, 4.69) is 31.1 Å². The van der Waals surface area contributed by atoms with Crippen molar-refractivity contribution in [1.82, 2.24) is 15.2 Å². The molecule has 0 bridgehead atoms. The molecule has 20 heavy (non-hydrogen) atoms. The highest BCUT2D eigenvalue weighted by atomic mass is 79.9. The van der Waals surface area contributed by atoms with Gasteiger partial charge in [-0.3, -0.25) is 5.10 Å². The number of rotatable bonds is 2. The quantitative estimate of drug-likeness (QED) is 0.704. The Morgan fingerprint density at radius 1 is 1.10 bits per heavy atom. The molecule has 6 heteroatoms. The van der Waals surface area contributed by atoms with Gasteiger partial charge in [-0.25, -0.2) is 9.37 Å². The van der Waals surface area contributed by atoms with Crippen molar-refractivity contribution in [3.63, 3.8) is 0 Å². The molecule has 0 atom stereocenters. The second-order valence-corrected chi connectivity index (χ2v) is 5.21. The van der Waals surface area contributed by atoms with Crippen LogP contribution in [0.3, 0.4) is 0 Å². The van der Waals surface area contributed by atoms with Gasteiger partial charge in [0.15, 0.2) is 11.6 Å². The molecule has 0 saturated heterocycles. The second kappa shape index (κ2) is 5.05. The van der Waals surface area contributed by atoms with Crippen molar-refractivity contribution in [2.45, 2.75) is 0 Å². The van der Waals surface area contributed by atoms with E-state index in [1.54, 1.807) is 18.2 Å². The fourth-order valence-corrected chi connectivity index (χ4v) is 2.35. The Labute approximate surface area is 123 Å². The Hall–Kier alpha value is -2.21. The van der Waals surface area contributed by atoms with Crippen molar-refractivity contribution >= 4 is 21.6 Å². The Balaban J connectivity index is 2.02. The maximum atomic E-state index is 13.4. The van der Waals surface area contributed by atoms with Gasteiger partial charge >= 0.3 is 0 Å². The van der Waals surface area contributed by atoms with Crippen molar-refractivity contribution < 1.29 is 4.39 Å². The van der Waals surface area contributed by atoms with Crippen LogP contribution in [0.1, 0.15) is 0 Å². The molecule has 0 fully saturated rings. The van der Waals surface area contributed by atoms with Crippen molar-refractivity contribution in [3.8, 4) is 22.8 Å². The largest absolute Gasteiger partial charge is 0.399 e. The topological polar surface area (TPSA) is 67.6 Å². The highest BCUT2D eigenvalue weighted by Gasteiger charge is 2.09. The van der Waals surface area contributed by atoms with E-state index < -0.39 is 0 Å². The molecule has 1 aromatic heterocycles. The number of nitrogens with zero attached hydrogens (tertiary/aromatic N) is 2. The zero-order chi connectivity index (χ0) is 14.1. The zero-order valence-corrected chi connectivity index (χ0v) is 11.9. The van der Waals surface area contributed by atoms with E-state index >= 15 is 0 Å². The summed E-state index contributed by atoms with van der Waals surface area (Å²) < 4.78 is 14.0. The van der Waals surface area contributed by atoms with Crippen molar-refractivity contribution in [1.29, 1.82) is 0 Å². The van der Waals surface area contributed by atoms with Gasteiger partial charge in [-0.05, 0) is 30.3 Å². The fraction of sp³-hybridized carbons (Fsp3) is 0. The number of nitrogen functional groups attached to an aromatic ring is 1. The van der Waals surface area contributed by atoms with E-state index in [4.69, 9.17) is 5.73 Å². The van der Waals surface area contributed by atoms with Gasteiger partial charge in [-0.1, -0.05) is 28.1 Å². The number of hydrogen-bond donors (Lipinski definition) is 2. The normalized spacial score (nSPS) is 10.7. The highest BCUT2D eigenvalue weighted by Crippen LogP contribution is 2.24. The van der Waals surface area contributed by atoms with Crippen LogP contribution in [0.5, 0.6) is 0 Å². The Bertz CT molecular complexity index is 749. The van der Waals surface area contributed by atoms with Crippen molar-refractivity contribution in [2.75, 3.05) is 5.73 Å². The standard InChI is InChI=1S/C14H10BrFN4/c15-10-4-9(5-11(16)7-10)14-18-13(19-20-14)8-2-1-3-12(17)6-8/h1-7H,17H2,(H,18,19,20). The molecule has 3 aromatic rings. The van der Waals surface area contributed by atoms with E-state index in [-0.39, 0.29) is 5.82 Å². The predicted octanol–water partition coefficient (Wildman–Crippen LogP) is 3.62. The molecule has 3 rings (SSSR count). The molecule has 1 heterocycles. The van der Waals surface area contributed by atoms with Gasteiger partial charge in [0.25, 0.3) is 0 Å². The van der Waals surface area contributed by atoms with E-state index in [1.807, 2.05) is 12.1 Å². The first-order chi connectivity index (χ1) is 9.61. The lowest BCUT2D eigenvalue weighted by Crippen LogP contribution is -1.86. The summed E-state index contributed by atoms with van der Waals surface area (Å²) in [5.74, 6) is 0.681. The van der Waals surface area contributed by atoms with Crippen LogP contribution in [0.15, 0.2) is 46.9 Å². The van der Waals surface area contributed by atoms with Crippen LogP contribution in [0.25, 0.3) is 22.8 Å². The summed E-state index contributed by atoms with van der Waals surface area (Å²) in [5.41, 5.74) is 7.82. The number of H-pyrrole nitrogens is 1. The number of nitrogens with one attached hydrogen (secondary N) is 1. The molecule has 100 valence electrons. The van der Waals surface area contributed by atoms with Crippen LogP contribution < -0.4 is 5.73 Å². The molecule has 2 aromatic carbocycles. The number of aromatic amines is 1. The molecule has 4 nitrogen and oxygen atoms in total. The first-order valence-corrected chi connectivity index (χ1v) is 6.66.